The molecule has 27 heavy (non-hydrogen) atoms. The number of hydrazine groups is 1. The second-order valence-corrected chi connectivity index (χ2v) is 5.39. The Hall–Kier alpha value is -3.55. The number of carbonyl (C=O) groups is 3. The van der Waals surface area contributed by atoms with Gasteiger partial charge in [-0.25, -0.2) is 0 Å². The Kier molecular flexibility index (Phi) is 7.65. The molecule has 2 aromatic rings. The maximum atomic E-state index is 11.9. The first-order chi connectivity index (χ1) is 13.1. The van der Waals surface area contributed by atoms with Crippen molar-refractivity contribution in [2.75, 3.05) is 11.9 Å². The lowest BCUT2D eigenvalue weighted by Gasteiger charge is -2.08. The molecule has 8 nitrogen and oxygen atoms in total. The van der Waals surface area contributed by atoms with E-state index in [1.165, 1.54) is 18.4 Å². The van der Waals surface area contributed by atoms with Crippen LogP contribution in [-0.2, 0) is 14.4 Å². The van der Waals surface area contributed by atoms with Crippen LogP contribution in [-0.4, -0.2) is 24.3 Å². The average Bonchev–Trinajstić information content (AvgIpc) is 3.18. The Morgan fingerprint density at radius 3 is 2.44 bits per heavy atom. The predicted octanol–water partition coefficient (Wildman–Crippen LogP) is 2.26. The lowest BCUT2D eigenvalue weighted by atomic mass is 10.2. The third-order valence-electron chi connectivity index (χ3n) is 3.30. The summed E-state index contributed by atoms with van der Waals surface area (Å²) in [5, 5.41) is 2.68. The fourth-order valence-electron chi connectivity index (χ4n) is 2.03. The molecule has 0 radical (unpaired) electrons. The van der Waals surface area contributed by atoms with Crippen LogP contribution in [0.1, 0.15) is 25.5 Å². The van der Waals surface area contributed by atoms with Crippen molar-refractivity contribution in [1.82, 2.24) is 10.9 Å². The zero-order chi connectivity index (χ0) is 19.5. The zero-order valence-corrected chi connectivity index (χ0v) is 14.9. The standard InChI is InChI=1S/C19H21N3O5/c1-2-26-16-7-5-14(6-8-16)20-17(23)11-12-19(25)22-21-18(24)10-9-15-4-3-13-27-15/h3-10,13H,2,11-12H2,1H3,(H,20,23)(H,21,24)(H,22,25)/b10-9+. The molecule has 0 saturated heterocycles. The number of carbonyl (C=O) groups excluding carboxylic acids is 3. The Labute approximate surface area is 156 Å². The molecule has 0 saturated carbocycles. The zero-order valence-electron chi connectivity index (χ0n) is 14.9. The molecule has 142 valence electrons. The first-order valence-electron chi connectivity index (χ1n) is 8.40. The first kappa shape index (κ1) is 19.8. The van der Waals surface area contributed by atoms with Gasteiger partial charge in [0.15, 0.2) is 0 Å². The van der Waals surface area contributed by atoms with Crippen molar-refractivity contribution in [2.45, 2.75) is 19.8 Å². The van der Waals surface area contributed by atoms with Gasteiger partial charge in [0.05, 0.1) is 12.9 Å². The summed E-state index contributed by atoms with van der Waals surface area (Å²) >= 11 is 0. The molecule has 1 aromatic heterocycles. The lowest BCUT2D eigenvalue weighted by molar-refractivity contribution is -0.128. The van der Waals surface area contributed by atoms with E-state index in [2.05, 4.69) is 16.2 Å². The van der Waals surface area contributed by atoms with E-state index >= 15 is 0 Å². The van der Waals surface area contributed by atoms with E-state index < -0.39 is 11.8 Å². The predicted molar refractivity (Wildman–Crippen MR) is 99.5 cm³/mol. The number of anilines is 1. The van der Waals surface area contributed by atoms with Crippen LogP contribution < -0.4 is 20.9 Å². The summed E-state index contributed by atoms with van der Waals surface area (Å²) in [7, 11) is 0. The highest BCUT2D eigenvalue weighted by Gasteiger charge is 2.08. The second-order valence-electron chi connectivity index (χ2n) is 5.39. The summed E-state index contributed by atoms with van der Waals surface area (Å²) in [6, 6.07) is 10.3. The minimum absolute atomic E-state index is 0.0167. The van der Waals surface area contributed by atoms with Crippen LogP contribution in [0.3, 0.4) is 0 Å². The number of hydrogen-bond donors (Lipinski definition) is 3. The third kappa shape index (κ3) is 7.47. The molecule has 0 atom stereocenters. The lowest BCUT2D eigenvalue weighted by Crippen LogP contribution is -2.40. The Balaban J connectivity index is 1.65. The van der Waals surface area contributed by atoms with Gasteiger partial charge in [-0.3, -0.25) is 25.2 Å². The van der Waals surface area contributed by atoms with Crippen molar-refractivity contribution in [1.29, 1.82) is 0 Å². The number of furan rings is 1. The van der Waals surface area contributed by atoms with Crippen LogP contribution in [0.25, 0.3) is 6.08 Å². The molecular weight excluding hydrogens is 350 g/mol. The first-order valence-corrected chi connectivity index (χ1v) is 8.40. The topological polar surface area (TPSA) is 110 Å². The number of rotatable bonds is 8. The van der Waals surface area contributed by atoms with Gasteiger partial charge in [0.2, 0.25) is 11.8 Å². The van der Waals surface area contributed by atoms with Crippen LogP contribution in [0, 0.1) is 0 Å². The highest BCUT2D eigenvalue weighted by atomic mass is 16.5. The van der Waals surface area contributed by atoms with Crippen molar-refractivity contribution in [3.05, 3.63) is 54.5 Å². The number of amides is 3. The minimum Gasteiger partial charge on any atom is -0.494 e. The molecule has 2 rings (SSSR count). The van der Waals surface area contributed by atoms with Gasteiger partial charge in [-0.15, -0.1) is 0 Å². The smallest absolute Gasteiger partial charge is 0.262 e. The molecule has 0 aliphatic carbocycles. The molecule has 1 aromatic carbocycles. The van der Waals surface area contributed by atoms with Crippen LogP contribution >= 0.6 is 0 Å². The van der Waals surface area contributed by atoms with E-state index in [0.29, 0.717) is 23.8 Å². The van der Waals surface area contributed by atoms with Gasteiger partial charge in [0.1, 0.15) is 11.5 Å². The van der Waals surface area contributed by atoms with Crippen LogP contribution in [0.2, 0.25) is 0 Å². The average molecular weight is 371 g/mol. The van der Waals surface area contributed by atoms with Crippen LogP contribution in [0.4, 0.5) is 5.69 Å². The summed E-state index contributed by atoms with van der Waals surface area (Å²) in [5.74, 6) is -0.0670. The van der Waals surface area contributed by atoms with Gasteiger partial charge >= 0.3 is 0 Å². The summed E-state index contributed by atoms with van der Waals surface area (Å²) in [5.41, 5.74) is 5.07. The van der Waals surface area contributed by atoms with E-state index in [9.17, 15) is 14.4 Å². The summed E-state index contributed by atoms with van der Waals surface area (Å²) in [6.07, 6.45) is 4.09. The summed E-state index contributed by atoms with van der Waals surface area (Å²) in [4.78, 5) is 35.1. The summed E-state index contributed by atoms with van der Waals surface area (Å²) in [6.45, 7) is 2.45. The van der Waals surface area contributed by atoms with Crippen molar-refractivity contribution < 1.29 is 23.5 Å². The van der Waals surface area contributed by atoms with Gasteiger partial charge < -0.3 is 14.5 Å². The molecule has 0 aliphatic heterocycles. The Bertz CT molecular complexity index is 782. The van der Waals surface area contributed by atoms with Crippen molar-refractivity contribution in [2.24, 2.45) is 0 Å². The SMILES string of the molecule is CCOc1ccc(NC(=O)CCC(=O)NNC(=O)/C=C/c2ccco2)cc1. The molecule has 3 N–H and O–H groups in total. The second kappa shape index (κ2) is 10.4. The number of hydrogen-bond acceptors (Lipinski definition) is 5. The molecular formula is C19H21N3O5. The number of ether oxygens (including phenoxy) is 1. The van der Waals surface area contributed by atoms with Gasteiger partial charge in [0.25, 0.3) is 5.91 Å². The number of benzene rings is 1. The van der Waals surface area contributed by atoms with E-state index in [-0.39, 0.29) is 18.7 Å². The summed E-state index contributed by atoms with van der Waals surface area (Å²) < 4.78 is 10.4. The molecule has 0 unspecified atom stereocenters. The van der Waals surface area contributed by atoms with E-state index in [4.69, 9.17) is 9.15 Å². The molecule has 0 spiro atoms. The Morgan fingerprint density at radius 2 is 1.78 bits per heavy atom. The van der Waals surface area contributed by atoms with Gasteiger partial charge in [-0.1, -0.05) is 0 Å². The van der Waals surface area contributed by atoms with Gasteiger partial charge in [-0.05, 0) is 49.4 Å². The highest BCUT2D eigenvalue weighted by Crippen LogP contribution is 2.15. The minimum atomic E-state index is -0.515. The number of nitrogens with one attached hydrogen (secondary N) is 3. The molecule has 1 heterocycles. The third-order valence-corrected chi connectivity index (χ3v) is 3.30. The molecule has 0 bridgehead atoms. The largest absolute Gasteiger partial charge is 0.494 e. The Morgan fingerprint density at radius 1 is 1.04 bits per heavy atom. The highest BCUT2D eigenvalue weighted by molar-refractivity contribution is 5.95. The molecule has 8 heteroatoms. The quantitative estimate of drug-likeness (QED) is 0.487. The molecule has 0 fully saturated rings. The fraction of sp³-hybridized carbons (Fsp3) is 0.211. The van der Waals surface area contributed by atoms with Crippen LogP contribution in [0.5, 0.6) is 5.75 Å². The maximum absolute atomic E-state index is 11.9. The van der Waals surface area contributed by atoms with Crippen molar-refractivity contribution in [3.8, 4) is 5.75 Å². The van der Waals surface area contributed by atoms with Crippen molar-refractivity contribution >= 4 is 29.5 Å². The van der Waals surface area contributed by atoms with Gasteiger partial charge in [0, 0.05) is 24.6 Å². The fourth-order valence-corrected chi connectivity index (χ4v) is 2.03. The van der Waals surface area contributed by atoms with E-state index in [1.807, 2.05) is 6.92 Å². The van der Waals surface area contributed by atoms with E-state index in [0.717, 1.165) is 0 Å². The maximum Gasteiger partial charge on any atom is 0.262 e. The van der Waals surface area contributed by atoms with Crippen molar-refractivity contribution in [3.63, 3.8) is 0 Å². The normalized spacial score (nSPS) is 10.4. The van der Waals surface area contributed by atoms with Crippen LogP contribution in [0.15, 0.2) is 53.2 Å². The molecule has 0 aliphatic rings. The molecule has 3 amide bonds. The monoisotopic (exact) mass is 371 g/mol. The van der Waals surface area contributed by atoms with E-state index in [1.54, 1.807) is 36.4 Å². The van der Waals surface area contributed by atoms with Gasteiger partial charge in [-0.2, -0.15) is 0 Å².